The highest BCUT2D eigenvalue weighted by molar-refractivity contribution is 7.13. The fraction of sp³-hybridized carbons (Fsp3) is 0.100. The fourth-order valence-electron chi connectivity index (χ4n) is 1.05. The first-order valence-corrected chi connectivity index (χ1v) is 4.96. The summed E-state index contributed by atoms with van der Waals surface area (Å²) in [5.74, 6) is 0. The number of anilines is 2. The zero-order chi connectivity index (χ0) is 9.10. The van der Waals surface area contributed by atoms with E-state index in [-0.39, 0.29) is 0 Å². The molecule has 2 aromatic rings. The van der Waals surface area contributed by atoms with Gasteiger partial charge in [0, 0.05) is 17.3 Å². The van der Waals surface area contributed by atoms with Crippen molar-refractivity contribution >= 4 is 22.2 Å². The quantitative estimate of drug-likeness (QED) is 0.786. The molecule has 0 atom stereocenters. The SMILES string of the molecule is Cc1ccc(Nc2nccs2)cc1. The van der Waals surface area contributed by atoms with Crippen molar-refractivity contribution in [3.8, 4) is 0 Å². The van der Waals surface area contributed by atoms with Crippen LogP contribution in [0.15, 0.2) is 35.8 Å². The average molecular weight is 190 g/mol. The zero-order valence-corrected chi connectivity index (χ0v) is 8.14. The predicted molar refractivity (Wildman–Crippen MR) is 56.6 cm³/mol. The van der Waals surface area contributed by atoms with Gasteiger partial charge in [0.05, 0.1) is 0 Å². The van der Waals surface area contributed by atoms with Gasteiger partial charge in [-0.3, -0.25) is 0 Å². The van der Waals surface area contributed by atoms with E-state index in [0.717, 1.165) is 10.8 Å². The molecule has 0 saturated carbocycles. The molecule has 66 valence electrons. The predicted octanol–water partition coefficient (Wildman–Crippen LogP) is 3.20. The van der Waals surface area contributed by atoms with Gasteiger partial charge in [0.15, 0.2) is 5.13 Å². The second-order valence-electron chi connectivity index (χ2n) is 2.83. The van der Waals surface area contributed by atoms with Crippen molar-refractivity contribution in [1.29, 1.82) is 0 Å². The Morgan fingerprint density at radius 2 is 2.00 bits per heavy atom. The van der Waals surface area contributed by atoms with Gasteiger partial charge in [0.2, 0.25) is 0 Å². The summed E-state index contributed by atoms with van der Waals surface area (Å²) in [6, 6.07) is 8.26. The number of nitrogens with zero attached hydrogens (tertiary/aromatic N) is 1. The van der Waals surface area contributed by atoms with Gasteiger partial charge >= 0.3 is 0 Å². The van der Waals surface area contributed by atoms with E-state index in [1.807, 2.05) is 5.38 Å². The first kappa shape index (κ1) is 8.26. The minimum atomic E-state index is 0.934. The van der Waals surface area contributed by atoms with Crippen LogP contribution in [-0.4, -0.2) is 4.98 Å². The Morgan fingerprint density at radius 1 is 1.23 bits per heavy atom. The van der Waals surface area contributed by atoms with Gasteiger partial charge in [-0.15, -0.1) is 11.3 Å². The van der Waals surface area contributed by atoms with Gasteiger partial charge in [-0.2, -0.15) is 0 Å². The molecule has 2 rings (SSSR count). The van der Waals surface area contributed by atoms with Crippen molar-refractivity contribution in [1.82, 2.24) is 4.98 Å². The Kier molecular flexibility index (Phi) is 2.27. The van der Waals surface area contributed by atoms with Gasteiger partial charge in [-0.05, 0) is 19.1 Å². The van der Waals surface area contributed by atoms with E-state index in [9.17, 15) is 0 Å². The summed E-state index contributed by atoms with van der Waals surface area (Å²) in [6.07, 6.45) is 1.79. The number of aryl methyl sites for hydroxylation is 1. The van der Waals surface area contributed by atoms with Crippen molar-refractivity contribution in [2.45, 2.75) is 6.92 Å². The summed E-state index contributed by atoms with van der Waals surface area (Å²) in [5.41, 5.74) is 2.35. The Bertz CT molecular complexity index is 364. The Hall–Kier alpha value is -1.35. The Balaban J connectivity index is 2.15. The second kappa shape index (κ2) is 3.58. The van der Waals surface area contributed by atoms with Crippen LogP contribution in [0.3, 0.4) is 0 Å². The van der Waals surface area contributed by atoms with E-state index in [0.29, 0.717) is 0 Å². The number of nitrogens with one attached hydrogen (secondary N) is 1. The Morgan fingerprint density at radius 3 is 2.62 bits per heavy atom. The monoisotopic (exact) mass is 190 g/mol. The lowest BCUT2D eigenvalue weighted by molar-refractivity contribution is 1.38. The van der Waals surface area contributed by atoms with Gasteiger partial charge in [-0.1, -0.05) is 17.7 Å². The molecule has 1 aromatic heterocycles. The van der Waals surface area contributed by atoms with Crippen molar-refractivity contribution in [3.63, 3.8) is 0 Å². The lowest BCUT2D eigenvalue weighted by atomic mass is 10.2. The first-order valence-electron chi connectivity index (χ1n) is 4.08. The zero-order valence-electron chi connectivity index (χ0n) is 7.32. The fourth-order valence-corrected chi connectivity index (χ4v) is 1.59. The van der Waals surface area contributed by atoms with Crippen LogP contribution in [0, 0.1) is 6.92 Å². The van der Waals surface area contributed by atoms with Crippen molar-refractivity contribution in [2.24, 2.45) is 0 Å². The number of hydrogen-bond donors (Lipinski definition) is 1. The van der Waals surface area contributed by atoms with E-state index in [1.165, 1.54) is 5.56 Å². The smallest absolute Gasteiger partial charge is 0.187 e. The van der Waals surface area contributed by atoms with Gasteiger partial charge in [0.25, 0.3) is 0 Å². The number of rotatable bonds is 2. The third kappa shape index (κ3) is 2.06. The first-order chi connectivity index (χ1) is 6.34. The highest BCUT2D eigenvalue weighted by Crippen LogP contribution is 2.18. The van der Waals surface area contributed by atoms with Crippen LogP contribution in [0.2, 0.25) is 0 Å². The molecule has 1 aromatic carbocycles. The molecule has 1 N–H and O–H groups in total. The largest absolute Gasteiger partial charge is 0.332 e. The average Bonchev–Trinajstić information content (AvgIpc) is 2.62. The number of thiazole rings is 1. The standard InChI is InChI=1S/C10H10N2S/c1-8-2-4-9(5-3-8)12-10-11-6-7-13-10/h2-7H,1H3,(H,11,12). The third-order valence-electron chi connectivity index (χ3n) is 1.74. The van der Waals surface area contributed by atoms with Crippen LogP contribution in [0.4, 0.5) is 10.8 Å². The lowest BCUT2D eigenvalue weighted by Crippen LogP contribution is -1.88. The van der Waals surface area contributed by atoms with Gasteiger partial charge < -0.3 is 5.32 Å². The van der Waals surface area contributed by atoms with Crippen molar-refractivity contribution < 1.29 is 0 Å². The summed E-state index contributed by atoms with van der Waals surface area (Å²) < 4.78 is 0. The van der Waals surface area contributed by atoms with Crippen LogP contribution in [-0.2, 0) is 0 Å². The maximum atomic E-state index is 4.14. The molecule has 0 spiro atoms. The normalized spacial score (nSPS) is 9.92. The summed E-state index contributed by atoms with van der Waals surface area (Å²) in [4.78, 5) is 4.14. The molecule has 0 aliphatic carbocycles. The number of benzene rings is 1. The molecule has 3 heteroatoms. The molecule has 2 nitrogen and oxygen atoms in total. The van der Waals surface area contributed by atoms with E-state index in [2.05, 4.69) is 41.5 Å². The van der Waals surface area contributed by atoms with Crippen molar-refractivity contribution in [3.05, 3.63) is 41.4 Å². The molecular formula is C10H10N2S. The molecule has 0 fully saturated rings. The molecule has 0 amide bonds. The summed E-state index contributed by atoms with van der Waals surface area (Å²) >= 11 is 1.60. The van der Waals surface area contributed by atoms with Crippen LogP contribution in [0.1, 0.15) is 5.56 Å². The van der Waals surface area contributed by atoms with Crippen molar-refractivity contribution in [2.75, 3.05) is 5.32 Å². The molecule has 0 bridgehead atoms. The second-order valence-corrected chi connectivity index (χ2v) is 3.72. The van der Waals surface area contributed by atoms with Gasteiger partial charge in [0.1, 0.15) is 0 Å². The topological polar surface area (TPSA) is 24.9 Å². The molecule has 13 heavy (non-hydrogen) atoms. The van der Waals surface area contributed by atoms with Crippen LogP contribution in [0.5, 0.6) is 0 Å². The number of hydrogen-bond acceptors (Lipinski definition) is 3. The maximum absolute atomic E-state index is 4.14. The summed E-state index contributed by atoms with van der Waals surface area (Å²) in [6.45, 7) is 2.08. The molecule has 1 heterocycles. The molecule has 0 aliphatic rings. The van der Waals surface area contributed by atoms with Crippen LogP contribution >= 0.6 is 11.3 Å². The minimum Gasteiger partial charge on any atom is -0.332 e. The molecule has 0 unspecified atom stereocenters. The molecule has 0 aliphatic heterocycles. The summed E-state index contributed by atoms with van der Waals surface area (Å²) in [5, 5.41) is 6.11. The maximum Gasteiger partial charge on any atom is 0.187 e. The van der Waals surface area contributed by atoms with Crippen LogP contribution in [0.25, 0.3) is 0 Å². The van der Waals surface area contributed by atoms with E-state index >= 15 is 0 Å². The third-order valence-corrected chi connectivity index (χ3v) is 2.42. The molecule has 0 radical (unpaired) electrons. The Labute approximate surface area is 81.3 Å². The molecule has 0 saturated heterocycles. The minimum absolute atomic E-state index is 0.934. The summed E-state index contributed by atoms with van der Waals surface area (Å²) in [7, 11) is 0. The van der Waals surface area contributed by atoms with Gasteiger partial charge in [-0.25, -0.2) is 4.98 Å². The highest BCUT2D eigenvalue weighted by atomic mass is 32.1. The molecular weight excluding hydrogens is 180 g/mol. The van der Waals surface area contributed by atoms with E-state index in [1.54, 1.807) is 17.5 Å². The highest BCUT2D eigenvalue weighted by Gasteiger charge is 1.94. The lowest BCUT2D eigenvalue weighted by Gasteiger charge is -2.01. The van der Waals surface area contributed by atoms with E-state index in [4.69, 9.17) is 0 Å². The van der Waals surface area contributed by atoms with E-state index < -0.39 is 0 Å². The van der Waals surface area contributed by atoms with Crippen LogP contribution < -0.4 is 5.32 Å². The number of aromatic nitrogens is 1.